The molecule has 2 aliphatic heterocycles. The van der Waals surface area contributed by atoms with Gasteiger partial charge in [0, 0.05) is 116 Å². The minimum Gasteiger partial charge on any atom is -0.481 e. The molecule has 0 amide bonds. The highest BCUT2D eigenvalue weighted by molar-refractivity contribution is 5.85. The number of aliphatic carboxylic acids is 1. The number of ketones is 1. The molecule has 2 aliphatic rings. The monoisotopic (exact) mass is 951 g/mol. The highest BCUT2D eigenvalue weighted by atomic mass is 16.6. The summed E-state index contributed by atoms with van der Waals surface area (Å²) in [4.78, 5) is 51.3. The highest BCUT2D eigenvalue weighted by Crippen LogP contribution is 2.34. The summed E-state index contributed by atoms with van der Waals surface area (Å²) in [5.74, 6) is -4.75. The van der Waals surface area contributed by atoms with Crippen LogP contribution >= 0.6 is 0 Å². The summed E-state index contributed by atoms with van der Waals surface area (Å²) in [6.45, 7) is 13.1. The van der Waals surface area contributed by atoms with Crippen molar-refractivity contribution in [3.63, 3.8) is 0 Å². The minimum absolute atomic E-state index is 0.119. The number of ether oxygens (including phenoxy) is 9. The molecule has 15 unspecified atom stereocenters. The maximum atomic E-state index is 13.7. The molecule has 67 heavy (non-hydrogen) atoms. The number of hydrogen-bond acceptors (Lipinski definition) is 15. The standard InChI is InChI=1S/C51H82O16/c1-29-16-15-17-45(56)66-49(35(7)48(64-13)31(3)20-23-39(52)33(5)42(62-11)28-44(54)55)32(4)19-22-36(59-8)25-40(53)30(2)18-21-37(60-9)26-41(61-10)34(6)50-47(58)38(27-46(57)67-50)51(65-14)43(24-29)63-12/h15-19,21-22,27,30-37,40-43,47-51,53,58H,20,23-26,28H2,1-14H3,(H,54,55)/b17-15+,21-18+,22-19+,29-16+/t30?,31?,32?,33?,34?,35?,36?,37?,40?,41?,42?,43?,47-,48?,49?,50-,51?/m0/s1. The fourth-order valence-electron chi connectivity index (χ4n) is 9.17. The van der Waals surface area contributed by atoms with Gasteiger partial charge in [-0.05, 0) is 25.7 Å². The molecule has 0 radical (unpaired) electrons. The summed E-state index contributed by atoms with van der Waals surface area (Å²) in [6.07, 6.45) is 6.73. The summed E-state index contributed by atoms with van der Waals surface area (Å²) >= 11 is 0. The number of esters is 2. The molecule has 0 saturated heterocycles. The van der Waals surface area contributed by atoms with E-state index in [2.05, 4.69) is 0 Å². The van der Waals surface area contributed by atoms with Crippen LogP contribution in [-0.4, -0.2) is 156 Å². The molecule has 0 aromatic heterocycles. The minimum atomic E-state index is -1.25. The Kier molecular flexibility index (Phi) is 26.8. The largest absolute Gasteiger partial charge is 0.481 e. The van der Waals surface area contributed by atoms with Crippen molar-refractivity contribution in [3.05, 3.63) is 59.8 Å². The van der Waals surface area contributed by atoms with Gasteiger partial charge < -0.3 is 58.0 Å². The van der Waals surface area contributed by atoms with Crippen molar-refractivity contribution in [2.24, 2.45) is 35.5 Å². The van der Waals surface area contributed by atoms with Gasteiger partial charge in [-0.1, -0.05) is 83.6 Å². The SMILES string of the molecule is COC1/C=C/C(C)C(C(C)C(OC)C(C)CCC(=O)C(C)C(CC(=O)O)OC)OC(=O)/C=C/C=C(\C)CC(OC)C(OC)C2=CC(=O)O[C@@H](C(C)C(OC)CC(OC)/C=C/C(C)C(O)C1)[C@H]2O. The summed E-state index contributed by atoms with van der Waals surface area (Å²) in [5.41, 5.74) is 1.10. The average Bonchev–Trinajstić information content (AvgIpc) is 3.30. The zero-order valence-corrected chi connectivity index (χ0v) is 42.3. The number of hydrogen-bond donors (Lipinski definition) is 3. The molecule has 0 aromatic carbocycles. The van der Waals surface area contributed by atoms with E-state index in [4.69, 9.17) is 42.6 Å². The van der Waals surface area contributed by atoms with Crippen LogP contribution in [0.1, 0.15) is 87.0 Å². The number of methoxy groups -OCH3 is 7. The van der Waals surface area contributed by atoms with Crippen molar-refractivity contribution < 1.29 is 77.1 Å². The van der Waals surface area contributed by atoms with Gasteiger partial charge in [0.05, 0.1) is 49.1 Å². The lowest BCUT2D eigenvalue weighted by Crippen LogP contribution is -2.50. The van der Waals surface area contributed by atoms with E-state index in [1.54, 1.807) is 47.5 Å². The lowest BCUT2D eigenvalue weighted by molar-refractivity contribution is -0.162. The van der Waals surface area contributed by atoms with Crippen LogP contribution in [0.4, 0.5) is 0 Å². The molecule has 0 aliphatic carbocycles. The van der Waals surface area contributed by atoms with Crippen molar-refractivity contribution >= 4 is 23.7 Å². The number of fused-ring (bicyclic) bond motifs is 2. The number of allylic oxidation sites excluding steroid dienone is 2. The number of carbonyl (C=O) groups excluding carboxylic acids is 3. The topological polar surface area (TPSA) is 212 Å². The molecule has 382 valence electrons. The molecule has 17 atom stereocenters. The number of cyclic esters (lactones) is 1. The predicted molar refractivity (Wildman–Crippen MR) is 252 cm³/mol. The van der Waals surface area contributed by atoms with E-state index in [1.165, 1.54) is 33.5 Å². The molecule has 3 N–H and O–H groups in total. The number of rotatable bonds is 17. The molecule has 2 heterocycles. The van der Waals surface area contributed by atoms with Gasteiger partial charge >= 0.3 is 17.9 Å². The van der Waals surface area contributed by atoms with Crippen molar-refractivity contribution in [2.75, 3.05) is 49.8 Å². The maximum absolute atomic E-state index is 13.7. The molecule has 16 nitrogen and oxygen atoms in total. The number of carboxylic acid groups (broad SMARTS) is 1. The quantitative estimate of drug-likeness (QED) is 0.112. The van der Waals surface area contributed by atoms with Gasteiger partial charge in [0.1, 0.15) is 30.2 Å². The highest BCUT2D eigenvalue weighted by Gasteiger charge is 2.43. The van der Waals surface area contributed by atoms with Crippen molar-refractivity contribution in [1.29, 1.82) is 0 Å². The van der Waals surface area contributed by atoms with E-state index in [-0.39, 0.29) is 48.7 Å². The number of carbonyl (C=O) groups is 4. The number of carboxylic acids is 1. The molecule has 0 fully saturated rings. The first-order valence-corrected chi connectivity index (χ1v) is 23.3. The molecule has 0 aromatic rings. The Balaban J connectivity index is 2.59. The fraction of sp³-hybridized carbons (Fsp3) is 0.725. The van der Waals surface area contributed by atoms with Crippen molar-refractivity contribution in [1.82, 2.24) is 0 Å². The van der Waals surface area contributed by atoms with E-state index in [1.807, 2.05) is 65.8 Å². The molecule has 16 heteroatoms. The Morgan fingerprint density at radius 3 is 1.94 bits per heavy atom. The molecule has 2 bridgehead atoms. The second kappa shape index (κ2) is 30.1. The van der Waals surface area contributed by atoms with Crippen LogP contribution in [0.25, 0.3) is 0 Å². The van der Waals surface area contributed by atoms with Gasteiger partial charge in [0.25, 0.3) is 0 Å². The van der Waals surface area contributed by atoms with Gasteiger partial charge in [0.15, 0.2) is 0 Å². The van der Waals surface area contributed by atoms with Gasteiger partial charge in [-0.25, -0.2) is 9.59 Å². The van der Waals surface area contributed by atoms with E-state index >= 15 is 0 Å². The van der Waals surface area contributed by atoms with Crippen LogP contribution in [-0.2, 0) is 61.8 Å². The van der Waals surface area contributed by atoms with Crippen molar-refractivity contribution in [2.45, 2.75) is 154 Å². The zero-order chi connectivity index (χ0) is 50.5. The second-order valence-electron chi connectivity index (χ2n) is 18.3. The van der Waals surface area contributed by atoms with Crippen LogP contribution in [0.5, 0.6) is 0 Å². The first-order valence-electron chi connectivity index (χ1n) is 23.3. The normalized spacial score (nSPS) is 34.4. The number of aliphatic hydroxyl groups excluding tert-OH is 2. The van der Waals surface area contributed by atoms with Crippen LogP contribution in [0.15, 0.2) is 59.8 Å². The molecule has 2 rings (SSSR count). The Hall–Kier alpha value is -3.58. The third-order valence-electron chi connectivity index (χ3n) is 13.6. The molecule has 0 saturated carbocycles. The van der Waals surface area contributed by atoms with Gasteiger partial charge in [-0.2, -0.15) is 0 Å². The molecular formula is C51H82O16. The zero-order valence-electron chi connectivity index (χ0n) is 42.3. The summed E-state index contributed by atoms with van der Waals surface area (Å²) in [5, 5.41) is 32.4. The van der Waals surface area contributed by atoms with Crippen LogP contribution < -0.4 is 0 Å². The van der Waals surface area contributed by atoms with E-state index in [0.717, 1.165) is 5.57 Å². The number of aliphatic hydroxyl groups is 2. The lowest BCUT2D eigenvalue weighted by atomic mass is 9.81. The van der Waals surface area contributed by atoms with Crippen molar-refractivity contribution in [3.8, 4) is 0 Å². The second-order valence-corrected chi connectivity index (χ2v) is 18.3. The van der Waals surface area contributed by atoms with E-state index in [0.29, 0.717) is 24.8 Å². The summed E-state index contributed by atoms with van der Waals surface area (Å²) in [6, 6.07) is 0. The Morgan fingerprint density at radius 1 is 0.776 bits per heavy atom. The van der Waals surface area contributed by atoms with Crippen LogP contribution in [0, 0.1) is 35.5 Å². The number of Topliss-reactive ketones (excluding diaryl/α,β-unsaturated/α-hetero) is 1. The van der Waals surface area contributed by atoms with Gasteiger partial charge in [-0.3, -0.25) is 9.59 Å². The first kappa shape index (κ1) is 59.5. The van der Waals surface area contributed by atoms with Crippen LogP contribution in [0.2, 0.25) is 0 Å². The molecule has 0 spiro atoms. The van der Waals surface area contributed by atoms with E-state index in [9.17, 15) is 34.5 Å². The summed E-state index contributed by atoms with van der Waals surface area (Å²) < 4.78 is 52.6. The Morgan fingerprint density at radius 2 is 1.39 bits per heavy atom. The third-order valence-corrected chi connectivity index (χ3v) is 13.6. The first-order chi connectivity index (χ1) is 31.7. The van der Waals surface area contributed by atoms with Gasteiger partial charge in [-0.15, -0.1) is 0 Å². The lowest BCUT2D eigenvalue weighted by Gasteiger charge is -2.39. The smallest absolute Gasteiger partial charge is 0.331 e. The Labute approximate surface area is 399 Å². The summed E-state index contributed by atoms with van der Waals surface area (Å²) in [7, 11) is 10.6. The van der Waals surface area contributed by atoms with Gasteiger partial charge in [0.2, 0.25) is 0 Å². The van der Waals surface area contributed by atoms with Crippen LogP contribution in [0.3, 0.4) is 0 Å². The van der Waals surface area contributed by atoms with E-state index < -0.39 is 96.9 Å². The average molecular weight is 951 g/mol. The Bertz CT molecular complexity index is 1690. The fourth-order valence-corrected chi connectivity index (χ4v) is 9.17. The third kappa shape index (κ3) is 18.4. The molecular weight excluding hydrogens is 869 g/mol. The predicted octanol–water partition coefficient (Wildman–Crippen LogP) is 6.02. The maximum Gasteiger partial charge on any atom is 0.331 e.